The lowest BCUT2D eigenvalue weighted by molar-refractivity contribution is 0.304. The smallest absolute Gasteiger partial charge is 0.250 e. The Kier molecular flexibility index (Phi) is 7.26. The van der Waals surface area contributed by atoms with Crippen molar-refractivity contribution in [2.24, 2.45) is 7.05 Å². The van der Waals surface area contributed by atoms with Crippen molar-refractivity contribution in [1.29, 1.82) is 0 Å². The van der Waals surface area contributed by atoms with E-state index in [1.54, 1.807) is 25.4 Å². The van der Waals surface area contributed by atoms with Gasteiger partial charge in [0.05, 0.1) is 5.69 Å². The van der Waals surface area contributed by atoms with Gasteiger partial charge in [0, 0.05) is 43.5 Å². The Morgan fingerprint density at radius 1 is 1.17 bits per heavy atom. The number of nitrogens with zero attached hydrogens (tertiary/aromatic N) is 4. The molecule has 2 aromatic heterocycles. The molecule has 1 fully saturated rings. The van der Waals surface area contributed by atoms with E-state index < -0.39 is 0 Å². The Labute approximate surface area is 207 Å². The van der Waals surface area contributed by atoms with Crippen molar-refractivity contribution in [3.8, 4) is 28.1 Å². The predicted octanol–water partition coefficient (Wildman–Crippen LogP) is 4.66. The minimum absolute atomic E-state index is 0.0875. The van der Waals surface area contributed by atoms with E-state index >= 15 is 0 Å². The zero-order valence-electron chi connectivity index (χ0n) is 21.5. The molecule has 1 aromatic carbocycles. The third-order valence-corrected chi connectivity index (χ3v) is 7.40. The quantitative estimate of drug-likeness (QED) is 0.505. The van der Waals surface area contributed by atoms with Gasteiger partial charge in [0.25, 0.3) is 5.56 Å². The standard InChI is InChI=1S/C28H37N5O2/c1-6-29-28(3)13-8-7-9-21(18-28)33(5)26-11-10-24(30-31-26)23-15-19(2)22(17-25(23)34)20-12-14-32(4)27(35)16-20/h10-12,14-17,21,29,34H,6-9,13,18H2,1-5H3/t21-,28+/m1/s1. The molecule has 0 aliphatic heterocycles. The van der Waals surface area contributed by atoms with Gasteiger partial charge in [0.15, 0.2) is 5.82 Å². The molecule has 7 heteroatoms. The first-order valence-corrected chi connectivity index (χ1v) is 12.5. The molecule has 0 saturated heterocycles. The van der Waals surface area contributed by atoms with E-state index in [1.165, 1.54) is 23.8 Å². The lowest BCUT2D eigenvalue weighted by Gasteiger charge is -2.36. The van der Waals surface area contributed by atoms with Crippen molar-refractivity contribution >= 4 is 5.82 Å². The number of benzene rings is 1. The first kappa shape index (κ1) is 24.9. The summed E-state index contributed by atoms with van der Waals surface area (Å²) in [5.41, 5.74) is 3.87. The van der Waals surface area contributed by atoms with Crippen molar-refractivity contribution in [1.82, 2.24) is 20.1 Å². The number of rotatable bonds is 6. The zero-order valence-corrected chi connectivity index (χ0v) is 21.5. The summed E-state index contributed by atoms with van der Waals surface area (Å²) >= 11 is 0. The number of aryl methyl sites for hydroxylation is 2. The van der Waals surface area contributed by atoms with E-state index in [4.69, 9.17) is 0 Å². The van der Waals surface area contributed by atoms with E-state index in [2.05, 4.69) is 41.3 Å². The lowest BCUT2D eigenvalue weighted by Crippen LogP contribution is -2.47. The summed E-state index contributed by atoms with van der Waals surface area (Å²) in [5, 5.41) is 23.5. The molecule has 35 heavy (non-hydrogen) atoms. The molecule has 1 aliphatic rings. The zero-order chi connectivity index (χ0) is 25.2. The van der Waals surface area contributed by atoms with Gasteiger partial charge >= 0.3 is 0 Å². The monoisotopic (exact) mass is 475 g/mol. The molecule has 3 aromatic rings. The van der Waals surface area contributed by atoms with Crippen LogP contribution in [0, 0.1) is 6.92 Å². The van der Waals surface area contributed by atoms with Crippen LogP contribution in [0.5, 0.6) is 5.75 Å². The number of hydrogen-bond acceptors (Lipinski definition) is 6. The van der Waals surface area contributed by atoms with Crippen LogP contribution >= 0.6 is 0 Å². The van der Waals surface area contributed by atoms with Gasteiger partial charge in [-0.2, -0.15) is 0 Å². The van der Waals surface area contributed by atoms with E-state index in [-0.39, 0.29) is 16.8 Å². The highest BCUT2D eigenvalue weighted by Crippen LogP contribution is 2.36. The lowest BCUT2D eigenvalue weighted by atomic mass is 9.90. The molecule has 4 rings (SSSR count). The molecule has 0 bridgehead atoms. The molecule has 2 atom stereocenters. The SMILES string of the molecule is CCN[C@@]1(C)CCCC[C@@H](N(C)c2ccc(-c3cc(C)c(-c4ccn(C)c(=O)c4)cc3O)nn2)C1. The molecule has 1 aliphatic carbocycles. The summed E-state index contributed by atoms with van der Waals surface area (Å²) in [4.78, 5) is 14.3. The number of anilines is 1. The molecule has 2 N–H and O–H groups in total. The van der Waals surface area contributed by atoms with Crippen LogP contribution in [-0.4, -0.2) is 45.0 Å². The fraction of sp³-hybridized carbons (Fsp3) is 0.464. The van der Waals surface area contributed by atoms with Crippen molar-refractivity contribution < 1.29 is 5.11 Å². The van der Waals surface area contributed by atoms with Gasteiger partial charge in [-0.15, -0.1) is 10.2 Å². The first-order chi connectivity index (χ1) is 16.7. The maximum Gasteiger partial charge on any atom is 0.250 e. The van der Waals surface area contributed by atoms with Crippen molar-refractivity contribution in [2.45, 2.75) is 64.5 Å². The first-order valence-electron chi connectivity index (χ1n) is 12.5. The van der Waals surface area contributed by atoms with E-state index in [0.717, 1.165) is 41.9 Å². The highest BCUT2D eigenvalue weighted by atomic mass is 16.3. The number of aromatic hydroxyl groups is 1. The summed E-state index contributed by atoms with van der Waals surface area (Å²) in [5.74, 6) is 0.958. The molecular weight excluding hydrogens is 438 g/mol. The van der Waals surface area contributed by atoms with Crippen LogP contribution in [0.4, 0.5) is 5.82 Å². The van der Waals surface area contributed by atoms with Gasteiger partial charge in [0.2, 0.25) is 0 Å². The third kappa shape index (κ3) is 5.40. The summed E-state index contributed by atoms with van der Waals surface area (Å²) in [6.07, 6.45) is 7.61. The molecule has 0 radical (unpaired) electrons. The summed E-state index contributed by atoms with van der Waals surface area (Å²) in [7, 11) is 3.82. The van der Waals surface area contributed by atoms with Crippen LogP contribution in [0.15, 0.2) is 47.4 Å². The van der Waals surface area contributed by atoms with Gasteiger partial charge in [0.1, 0.15) is 5.75 Å². The number of phenols is 1. The van der Waals surface area contributed by atoms with Gasteiger partial charge in [-0.25, -0.2) is 0 Å². The normalized spacial score (nSPS) is 20.4. The van der Waals surface area contributed by atoms with E-state index in [9.17, 15) is 9.90 Å². The van der Waals surface area contributed by atoms with Crippen molar-refractivity contribution in [3.63, 3.8) is 0 Å². The maximum absolute atomic E-state index is 12.1. The minimum atomic E-state index is -0.0875. The molecule has 186 valence electrons. The molecular formula is C28H37N5O2. The minimum Gasteiger partial charge on any atom is -0.507 e. The molecule has 0 amide bonds. The fourth-order valence-electron chi connectivity index (χ4n) is 5.31. The van der Waals surface area contributed by atoms with E-state index in [1.807, 2.05) is 31.2 Å². The van der Waals surface area contributed by atoms with Gasteiger partial charge < -0.3 is 19.9 Å². The highest BCUT2D eigenvalue weighted by molar-refractivity contribution is 5.77. The number of phenolic OH excluding ortho intramolecular Hbond substituents is 1. The van der Waals surface area contributed by atoms with Crippen LogP contribution in [0.3, 0.4) is 0 Å². The summed E-state index contributed by atoms with van der Waals surface area (Å²) in [6.45, 7) is 7.45. The largest absolute Gasteiger partial charge is 0.507 e. The number of nitrogens with one attached hydrogen (secondary N) is 1. The van der Waals surface area contributed by atoms with Gasteiger partial charge in [-0.3, -0.25) is 4.79 Å². The molecule has 0 spiro atoms. The van der Waals surface area contributed by atoms with Crippen LogP contribution in [-0.2, 0) is 7.05 Å². The van der Waals surface area contributed by atoms with Crippen LogP contribution in [0.2, 0.25) is 0 Å². The van der Waals surface area contributed by atoms with Crippen molar-refractivity contribution in [2.75, 3.05) is 18.5 Å². The number of aromatic nitrogens is 3. The molecule has 2 heterocycles. The molecule has 0 unspecified atom stereocenters. The van der Waals surface area contributed by atoms with Crippen LogP contribution in [0.25, 0.3) is 22.4 Å². The van der Waals surface area contributed by atoms with E-state index in [0.29, 0.717) is 17.3 Å². The maximum atomic E-state index is 12.1. The Morgan fingerprint density at radius 2 is 1.97 bits per heavy atom. The average molecular weight is 476 g/mol. The predicted molar refractivity (Wildman–Crippen MR) is 142 cm³/mol. The number of hydrogen-bond donors (Lipinski definition) is 2. The third-order valence-electron chi connectivity index (χ3n) is 7.40. The highest BCUT2D eigenvalue weighted by Gasteiger charge is 2.32. The van der Waals surface area contributed by atoms with Gasteiger partial charge in [-0.05, 0) is 86.7 Å². The second kappa shape index (κ2) is 10.2. The molecule has 1 saturated carbocycles. The average Bonchev–Trinajstić information content (AvgIpc) is 3.03. The Bertz CT molecular complexity index is 1240. The summed E-state index contributed by atoms with van der Waals surface area (Å²) in [6, 6.07) is 11.4. The summed E-state index contributed by atoms with van der Waals surface area (Å²) < 4.78 is 1.52. The second-order valence-electron chi connectivity index (χ2n) is 10.1. The van der Waals surface area contributed by atoms with Crippen molar-refractivity contribution in [3.05, 3.63) is 58.5 Å². The Hall–Kier alpha value is -3.19. The van der Waals surface area contributed by atoms with Crippen LogP contribution < -0.4 is 15.8 Å². The Balaban J connectivity index is 1.57. The van der Waals surface area contributed by atoms with Gasteiger partial charge in [-0.1, -0.05) is 19.8 Å². The second-order valence-corrected chi connectivity index (χ2v) is 10.1. The Morgan fingerprint density at radius 3 is 2.66 bits per heavy atom. The fourth-order valence-corrected chi connectivity index (χ4v) is 5.31. The number of pyridine rings is 1. The topological polar surface area (TPSA) is 83.3 Å². The van der Waals surface area contributed by atoms with Crippen LogP contribution in [0.1, 0.15) is 51.5 Å². The molecule has 7 nitrogen and oxygen atoms in total.